The van der Waals surface area contributed by atoms with Crippen molar-refractivity contribution in [3.8, 4) is 0 Å². The summed E-state index contributed by atoms with van der Waals surface area (Å²) in [7, 11) is 0. The Balaban J connectivity index is 1.86. The lowest BCUT2D eigenvalue weighted by molar-refractivity contribution is -0.128. The standard InChI is InChI=1S/C26H30Cl3N3O4/c1-24(2,26(27,28)29)36-23(35)32-25(3,14-18-15-30-21-12-8-7-11-20(18)21)22(34)31-19(16-33)13-17-9-5-4-6-10-17/h4-12,15,19,30,33H,13-14,16H2,1-3H3,(H,31,34)(H,32,35). The molecule has 0 aliphatic carbocycles. The summed E-state index contributed by atoms with van der Waals surface area (Å²) in [6.45, 7) is 4.22. The third kappa shape index (κ3) is 6.85. The number of nitrogens with one attached hydrogen (secondary N) is 3. The quantitative estimate of drug-likeness (QED) is 0.278. The smallest absolute Gasteiger partial charge is 0.408 e. The van der Waals surface area contributed by atoms with Gasteiger partial charge in [0.25, 0.3) is 0 Å². The summed E-state index contributed by atoms with van der Waals surface area (Å²) in [5.74, 6) is -0.494. The number of hydrogen-bond acceptors (Lipinski definition) is 4. The van der Waals surface area contributed by atoms with E-state index in [1.54, 1.807) is 13.1 Å². The van der Waals surface area contributed by atoms with Gasteiger partial charge in [0.1, 0.15) is 5.54 Å². The first kappa shape index (κ1) is 28.1. The van der Waals surface area contributed by atoms with Crippen LogP contribution in [0.2, 0.25) is 0 Å². The van der Waals surface area contributed by atoms with E-state index in [-0.39, 0.29) is 13.0 Å². The van der Waals surface area contributed by atoms with Gasteiger partial charge in [-0.25, -0.2) is 4.79 Å². The summed E-state index contributed by atoms with van der Waals surface area (Å²) < 4.78 is 3.51. The number of para-hydroxylation sites is 1. The summed E-state index contributed by atoms with van der Waals surface area (Å²) in [4.78, 5) is 29.7. The van der Waals surface area contributed by atoms with E-state index in [1.165, 1.54) is 13.8 Å². The number of ether oxygens (including phenoxy) is 1. The molecular formula is C26H30Cl3N3O4. The normalized spacial score (nSPS) is 14.6. The third-order valence-corrected chi connectivity index (χ3v) is 7.37. The second kappa shape index (κ2) is 11.3. The van der Waals surface area contributed by atoms with E-state index in [0.717, 1.165) is 22.0 Å². The first-order chi connectivity index (χ1) is 16.8. The van der Waals surface area contributed by atoms with Crippen LogP contribution >= 0.6 is 34.8 Å². The molecule has 2 amide bonds. The van der Waals surface area contributed by atoms with Crippen molar-refractivity contribution in [2.75, 3.05) is 6.61 Å². The number of carbonyl (C=O) groups is 2. The minimum atomic E-state index is -1.89. The Morgan fingerprint density at radius 3 is 2.31 bits per heavy atom. The highest BCUT2D eigenvalue weighted by Gasteiger charge is 2.46. The number of aromatic nitrogens is 1. The van der Waals surface area contributed by atoms with E-state index in [0.29, 0.717) is 6.42 Å². The van der Waals surface area contributed by atoms with Crippen LogP contribution in [0.4, 0.5) is 4.79 Å². The lowest BCUT2D eigenvalue weighted by Crippen LogP contribution is -2.61. The average molecular weight is 555 g/mol. The Labute approximate surface area is 225 Å². The zero-order valence-electron chi connectivity index (χ0n) is 20.3. The molecular weight excluding hydrogens is 525 g/mol. The van der Waals surface area contributed by atoms with Crippen molar-refractivity contribution in [1.29, 1.82) is 0 Å². The SMILES string of the molecule is CC(Cc1c[nH]c2ccccc12)(NC(=O)OC(C)(C)C(Cl)(Cl)Cl)C(=O)NC(CO)Cc1ccccc1. The molecule has 0 saturated carbocycles. The second-order valence-electron chi connectivity index (χ2n) is 9.43. The molecule has 3 rings (SSSR count). The molecule has 2 unspecified atom stereocenters. The molecule has 0 spiro atoms. The average Bonchev–Trinajstić information content (AvgIpc) is 3.20. The zero-order chi connectivity index (χ0) is 26.6. The van der Waals surface area contributed by atoms with Crippen molar-refractivity contribution in [2.24, 2.45) is 0 Å². The predicted octanol–water partition coefficient (Wildman–Crippen LogP) is 5.06. The van der Waals surface area contributed by atoms with Gasteiger partial charge in [-0.15, -0.1) is 0 Å². The summed E-state index contributed by atoms with van der Waals surface area (Å²) in [6.07, 6.45) is 1.42. The molecule has 10 heteroatoms. The maximum absolute atomic E-state index is 13.6. The molecule has 0 aliphatic heterocycles. The van der Waals surface area contributed by atoms with Gasteiger partial charge in [-0.2, -0.15) is 0 Å². The highest BCUT2D eigenvalue weighted by molar-refractivity contribution is 6.68. The van der Waals surface area contributed by atoms with Crippen LogP contribution in [0.15, 0.2) is 60.8 Å². The largest absolute Gasteiger partial charge is 0.439 e. The number of halogens is 3. The third-order valence-electron chi connectivity index (χ3n) is 6.01. The molecule has 2 aromatic carbocycles. The van der Waals surface area contributed by atoms with E-state index in [1.807, 2.05) is 54.6 Å². The van der Waals surface area contributed by atoms with Crippen LogP contribution < -0.4 is 10.6 Å². The summed E-state index contributed by atoms with van der Waals surface area (Å²) in [5.41, 5.74) is -0.274. The number of fused-ring (bicyclic) bond motifs is 1. The van der Waals surface area contributed by atoms with Crippen molar-refractivity contribution in [1.82, 2.24) is 15.6 Å². The topological polar surface area (TPSA) is 103 Å². The van der Waals surface area contributed by atoms with Gasteiger partial charge in [-0.3, -0.25) is 4.79 Å². The monoisotopic (exact) mass is 553 g/mol. The molecule has 0 bridgehead atoms. The number of alkyl carbamates (subject to hydrolysis) is 1. The Hall–Kier alpha value is -2.45. The van der Waals surface area contributed by atoms with Crippen LogP contribution in [0.1, 0.15) is 31.9 Å². The second-order valence-corrected chi connectivity index (χ2v) is 11.7. The van der Waals surface area contributed by atoms with Gasteiger partial charge < -0.3 is 25.5 Å². The molecule has 7 nitrogen and oxygen atoms in total. The van der Waals surface area contributed by atoms with Crippen LogP contribution in [0.3, 0.4) is 0 Å². The van der Waals surface area contributed by atoms with Gasteiger partial charge >= 0.3 is 6.09 Å². The number of aliphatic hydroxyl groups is 1. The van der Waals surface area contributed by atoms with Gasteiger partial charge in [-0.1, -0.05) is 83.3 Å². The van der Waals surface area contributed by atoms with Crippen molar-refractivity contribution in [3.63, 3.8) is 0 Å². The molecule has 36 heavy (non-hydrogen) atoms. The number of carbonyl (C=O) groups excluding carboxylic acids is 2. The number of alkyl halides is 3. The molecule has 0 saturated heterocycles. The molecule has 194 valence electrons. The fraction of sp³-hybridized carbons (Fsp3) is 0.385. The number of benzene rings is 2. The number of aromatic amines is 1. The first-order valence-electron chi connectivity index (χ1n) is 11.4. The fourth-order valence-corrected chi connectivity index (χ4v) is 3.90. The van der Waals surface area contributed by atoms with E-state index in [2.05, 4.69) is 15.6 Å². The molecule has 0 fully saturated rings. The lowest BCUT2D eigenvalue weighted by Gasteiger charge is -2.35. The highest BCUT2D eigenvalue weighted by Crippen LogP contribution is 2.40. The van der Waals surface area contributed by atoms with Crippen LogP contribution in [0.5, 0.6) is 0 Å². The molecule has 1 aromatic heterocycles. The molecule has 3 aromatic rings. The predicted molar refractivity (Wildman–Crippen MR) is 144 cm³/mol. The maximum atomic E-state index is 13.6. The van der Waals surface area contributed by atoms with E-state index in [4.69, 9.17) is 39.5 Å². The number of H-pyrrole nitrogens is 1. The van der Waals surface area contributed by atoms with Crippen LogP contribution in [-0.2, 0) is 22.4 Å². The van der Waals surface area contributed by atoms with Gasteiger partial charge in [0.05, 0.1) is 12.6 Å². The minimum absolute atomic E-state index is 0.135. The zero-order valence-corrected chi connectivity index (χ0v) is 22.5. The first-order valence-corrected chi connectivity index (χ1v) is 12.6. The number of rotatable bonds is 9. The summed E-state index contributed by atoms with van der Waals surface area (Å²) in [6, 6.07) is 16.6. The molecule has 0 radical (unpaired) electrons. The highest BCUT2D eigenvalue weighted by atomic mass is 35.6. The van der Waals surface area contributed by atoms with Crippen LogP contribution in [-0.4, -0.2) is 49.7 Å². The van der Waals surface area contributed by atoms with Gasteiger partial charge in [0.2, 0.25) is 9.70 Å². The molecule has 4 N–H and O–H groups in total. The fourth-order valence-electron chi connectivity index (χ4n) is 3.78. The van der Waals surface area contributed by atoms with Crippen molar-refractivity contribution < 1.29 is 19.4 Å². The summed E-state index contributed by atoms with van der Waals surface area (Å²) >= 11 is 17.9. The maximum Gasteiger partial charge on any atom is 0.408 e. The molecule has 0 aliphatic rings. The Morgan fingerprint density at radius 2 is 1.67 bits per heavy atom. The molecule has 2 atom stereocenters. The number of aliphatic hydroxyl groups excluding tert-OH is 1. The van der Waals surface area contributed by atoms with E-state index in [9.17, 15) is 14.7 Å². The molecule has 1 heterocycles. The Bertz CT molecular complexity index is 1190. The Kier molecular flexibility index (Phi) is 8.83. The lowest BCUT2D eigenvalue weighted by atomic mass is 9.91. The van der Waals surface area contributed by atoms with Crippen molar-refractivity contribution in [2.45, 2.75) is 54.6 Å². The van der Waals surface area contributed by atoms with Crippen molar-refractivity contribution >= 4 is 57.7 Å². The summed E-state index contributed by atoms with van der Waals surface area (Å²) in [5, 5.41) is 16.4. The van der Waals surface area contributed by atoms with E-state index >= 15 is 0 Å². The van der Waals surface area contributed by atoms with Gasteiger partial charge in [0.15, 0.2) is 5.60 Å². The van der Waals surface area contributed by atoms with Crippen LogP contribution in [0, 0.1) is 0 Å². The minimum Gasteiger partial charge on any atom is -0.439 e. The van der Waals surface area contributed by atoms with E-state index < -0.39 is 33.0 Å². The number of hydrogen-bond donors (Lipinski definition) is 4. The number of amides is 2. The van der Waals surface area contributed by atoms with Crippen LogP contribution in [0.25, 0.3) is 10.9 Å². The Morgan fingerprint density at radius 1 is 1.03 bits per heavy atom. The van der Waals surface area contributed by atoms with Gasteiger partial charge in [-0.05, 0) is 44.4 Å². The van der Waals surface area contributed by atoms with Crippen molar-refractivity contribution in [3.05, 3.63) is 71.9 Å². The van der Waals surface area contributed by atoms with Gasteiger partial charge in [0, 0.05) is 23.5 Å².